The fourth-order valence-corrected chi connectivity index (χ4v) is 4.52. The van der Waals surface area contributed by atoms with Gasteiger partial charge < -0.3 is 15.5 Å². The van der Waals surface area contributed by atoms with Crippen LogP contribution in [0.4, 0.5) is 14.9 Å². The number of rotatable bonds is 8. The fourth-order valence-electron chi connectivity index (χ4n) is 4.52. The summed E-state index contributed by atoms with van der Waals surface area (Å²) in [5.41, 5.74) is 2.71. The third kappa shape index (κ3) is 6.60. The van der Waals surface area contributed by atoms with Crippen molar-refractivity contribution in [1.82, 2.24) is 30.4 Å². The molecule has 0 saturated carbocycles. The second-order valence-corrected chi connectivity index (χ2v) is 9.13. The van der Waals surface area contributed by atoms with Gasteiger partial charge in [0.1, 0.15) is 5.82 Å². The smallest absolute Gasteiger partial charge is 0.319 e. The molecule has 2 N–H and O–H groups in total. The number of urea groups is 1. The van der Waals surface area contributed by atoms with Gasteiger partial charge >= 0.3 is 6.03 Å². The standard InChI is InChI=1S/C25H32FN7O/c1-18(12-14-33-13-4-5-20(17-33)15-19-8-10-22(26)11-9-19)27-25(34)28-23-7-3-6-21(16-23)24-29-30-31-32(24)2/h3,6-11,16,18,20H,4-5,12-15,17H2,1-2H3,(H2,27,28,34)/t18-,20+/m1/s1. The Balaban J connectivity index is 1.21. The molecule has 2 amide bonds. The van der Waals surface area contributed by atoms with Crippen LogP contribution in [0, 0.1) is 11.7 Å². The van der Waals surface area contributed by atoms with Gasteiger partial charge in [0.2, 0.25) is 0 Å². The maximum absolute atomic E-state index is 13.2. The van der Waals surface area contributed by atoms with Crippen molar-refractivity contribution in [2.24, 2.45) is 13.0 Å². The van der Waals surface area contributed by atoms with Crippen LogP contribution in [0.5, 0.6) is 0 Å². The second-order valence-electron chi connectivity index (χ2n) is 9.13. The van der Waals surface area contributed by atoms with Gasteiger partial charge in [0.25, 0.3) is 0 Å². The zero-order valence-corrected chi connectivity index (χ0v) is 19.7. The van der Waals surface area contributed by atoms with E-state index >= 15 is 0 Å². The van der Waals surface area contributed by atoms with Crippen LogP contribution in [0.3, 0.4) is 0 Å². The Morgan fingerprint density at radius 2 is 2.06 bits per heavy atom. The summed E-state index contributed by atoms with van der Waals surface area (Å²) < 4.78 is 14.7. The van der Waals surface area contributed by atoms with E-state index in [0.717, 1.165) is 38.0 Å². The normalized spacial score (nSPS) is 17.3. The lowest BCUT2D eigenvalue weighted by Gasteiger charge is -2.33. The maximum Gasteiger partial charge on any atom is 0.319 e. The molecule has 180 valence electrons. The highest BCUT2D eigenvalue weighted by Crippen LogP contribution is 2.22. The number of benzene rings is 2. The summed E-state index contributed by atoms with van der Waals surface area (Å²) in [6.45, 7) is 5.10. The van der Waals surface area contributed by atoms with E-state index in [1.165, 1.54) is 30.5 Å². The predicted octanol–water partition coefficient (Wildman–Crippen LogP) is 3.87. The minimum Gasteiger partial charge on any atom is -0.335 e. The zero-order valence-electron chi connectivity index (χ0n) is 19.7. The molecule has 2 aromatic carbocycles. The highest BCUT2D eigenvalue weighted by Gasteiger charge is 2.21. The van der Waals surface area contributed by atoms with E-state index in [9.17, 15) is 9.18 Å². The molecular formula is C25H32FN7O. The summed E-state index contributed by atoms with van der Waals surface area (Å²) in [7, 11) is 1.77. The van der Waals surface area contributed by atoms with Gasteiger partial charge in [-0.2, -0.15) is 0 Å². The first-order chi connectivity index (χ1) is 16.5. The Bertz CT molecular complexity index is 1080. The van der Waals surface area contributed by atoms with E-state index in [1.54, 1.807) is 11.7 Å². The number of carbonyl (C=O) groups excluding carboxylic acids is 1. The van der Waals surface area contributed by atoms with Crippen molar-refractivity contribution in [2.45, 2.75) is 38.6 Å². The molecule has 0 aliphatic carbocycles. The number of hydrogen-bond donors (Lipinski definition) is 2. The molecule has 1 aliphatic rings. The summed E-state index contributed by atoms with van der Waals surface area (Å²) in [6.07, 6.45) is 4.23. The number of aryl methyl sites for hydroxylation is 1. The molecule has 1 aromatic heterocycles. The average Bonchev–Trinajstić information content (AvgIpc) is 3.25. The molecule has 2 heterocycles. The van der Waals surface area contributed by atoms with E-state index < -0.39 is 0 Å². The predicted molar refractivity (Wildman–Crippen MR) is 130 cm³/mol. The quantitative estimate of drug-likeness (QED) is 0.527. The minimum absolute atomic E-state index is 0.0450. The van der Waals surface area contributed by atoms with E-state index in [0.29, 0.717) is 17.4 Å². The van der Waals surface area contributed by atoms with Gasteiger partial charge in [0.05, 0.1) is 0 Å². The lowest BCUT2D eigenvalue weighted by atomic mass is 9.91. The first-order valence-electron chi connectivity index (χ1n) is 11.8. The molecule has 8 nitrogen and oxygen atoms in total. The first-order valence-corrected chi connectivity index (χ1v) is 11.8. The summed E-state index contributed by atoms with van der Waals surface area (Å²) in [6, 6.07) is 14.1. The molecule has 4 rings (SSSR count). The molecule has 34 heavy (non-hydrogen) atoms. The van der Waals surface area contributed by atoms with Crippen LogP contribution in [-0.4, -0.2) is 56.8 Å². The number of carbonyl (C=O) groups is 1. The minimum atomic E-state index is -0.228. The second kappa shape index (κ2) is 11.2. The van der Waals surface area contributed by atoms with Crippen molar-refractivity contribution in [2.75, 3.05) is 25.0 Å². The third-order valence-corrected chi connectivity index (χ3v) is 6.30. The van der Waals surface area contributed by atoms with E-state index in [4.69, 9.17) is 0 Å². The Labute approximate surface area is 199 Å². The number of nitrogens with one attached hydrogen (secondary N) is 2. The average molecular weight is 466 g/mol. The van der Waals surface area contributed by atoms with Gasteiger partial charge in [-0.25, -0.2) is 13.9 Å². The Morgan fingerprint density at radius 3 is 2.82 bits per heavy atom. The van der Waals surface area contributed by atoms with Gasteiger partial charge in [-0.05, 0) is 85.3 Å². The van der Waals surface area contributed by atoms with Crippen LogP contribution in [0.15, 0.2) is 48.5 Å². The van der Waals surface area contributed by atoms with Gasteiger partial charge in [-0.1, -0.05) is 24.3 Å². The van der Waals surface area contributed by atoms with Gasteiger partial charge in [-0.15, -0.1) is 5.10 Å². The molecule has 0 bridgehead atoms. The molecule has 3 aromatic rings. The Hall–Kier alpha value is -3.33. The van der Waals surface area contributed by atoms with Crippen molar-refractivity contribution in [3.63, 3.8) is 0 Å². The number of hydrogen-bond acceptors (Lipinski definition) is 5. The number of nitrogens with zero attached hydrogens (tertiary/aromatic N) is 5. The summed E-state index contributed by atoms with van der Waals surface area (Å²) in [5, 5.41) is 17.5. The topological polar surface area (TPSA) is 88.0 Å². The van der Waals surface area contributed by atoms with E-state index in [-0.39, 0.29) is 17.9 Å². The van der Waals surface area contributed by atoms with E-state index in [2.05, 4.69) is 31.1 Å². The number of likely N-dealkylation sites (tertiary alicyclic amines) is 1. The molecule has 0 radical (unpaired) electrons. The first kappa shape index (κ1) is 23.8. The molecule has 9 heteroatoms. The number of piperidine rings is 1. The monoisotopic (exact) mass is 465 g/mol. The SMILES string of the molecule is C[C@H](CCN1CCC[C@@H](Cc2ccc(F)cc2)C1)NC(=O)Nc1cccc(-c2nnnn2C)c1. The lowest BCUT2D eigenvalue weighted by molar-refractivity contribution is 0.168. The van der Waals surface area contributed by atoms with Gasteiger partial charge in [0.15, 0.2) is 5.82 Å². The molecule has 2 atom stereocenters. The molecule has 1 fully saturated rings. The molecule has 1 aliphatic heterocycles. The van der Waals surface area contributed by atoms with Crippen molar-refractivity contribution in [3.8, 4) is 11.4 Å². The molecule has 0 unspecified atom stereocenters. The highest BCUT2D eigenvalue weighted by atomic mass is 19.1. The van der Waals surface area contributed by atoms with Crippen LogP contribution < -0.4 is 10.6 Å². The summed E-state index contributed by atoms with van der Waals surface area (Å²) in [4.78, 5) is 15.0. The molecular weight excluding hydrogens is 433 g/mol. The van der Waals surface area contributed by atoms with Crippen LogP contribution in [0.1, 0.15) is 31.7 Å². The molecule has 0 spiro atoms. The molecule has 1 saturated heterocycles. The fraction of sp³-hybridized carbons (Fsp3) is 0.440. The number of amides is 2. The Morgan fingerprint density at radius 1 is 1.24 bits per heavy atom. The van der Waals surface area contributed by atoms with Crippen LogP contribution in [-0.2, 0) is 13.5 Å². The lowest BCUT2D eigenvalue weighted by Crippen LogP contribution is -2.41. The van der Waals surface area contributed by atoms with Gasteiger partial charge in [0, 0.05) is 37.4 Å². The number of halogens is 1. The van der Waals surface area contributed by atoms with Crippen molar-refractivity contribution in [3.05, 3.63) is 59.9 Å². The van der Waals surface area contributed by atoms with Crippen LogP contribution in [0.25, 0.3) is 11.4 Å². The van der Waals surface area contributed by atoms with Crippen LogP contribution >= 0.6 is 0 Å². The Kier molecular flexibility index (Phi) is 7.84. The number of tetrazole rings is 1. The number of anilines is 1. The zero-order chi connectivity index (χ0) is 23.9. The summed E-state index contributed by atoms with van der Waals surface area (Å²) in [5.74, 6) is 1.04. The largest absolute Gasteiger partial charge is 0.335 e. The van der Waals surface area contributed by atoms with Crippen molar-refractivity contribution in [1.29, 1.82) is 0 Å². The van der Waals surface area contributed by atoms with Crippen molar-refractivity contribution >= 4 is 11.7 Å². The van der Waals surface area contributed by atoms with Crippen LogP contribution in [0.2, 0.25) is 0 Å². The van der Waals surface area contributed by atoms with Gasteiger partial charge in [-0.3, -0.25) is 0 Å². The van der Waals surface area contributed by atoms with Crippen molar-refractivity contribution < 1.29 is 9.18 Å². The maximum atomic E-state index is 13.2. The highest BCUT2D eigenvalue weighted by molar-refractivity contribution is 5.90. The summed E-state index contributed by atoms with van der Waals surface area (Å²) >= 11 is 0. The van der Waals surface area contributed by atoms with E-state index in [1.807, 2.05) is 43.3 Å². The third-order valence-electron chi connectivity index (χ3n) is 6.30. The number of aromatic nitrogens is 4.